The molecule has 5 nitrogen and oxygen atoms in total. The van der Waals surface area contributed by atoms with Gasteiger partial charge in [-0.2, -0.15) is 0 Å². The number of benzene rings is 1. The predicted molar refractivity (Wildman–Crippen MR) is 83.2 cm³/mol. The van der Waals surface area contributed by atoms with Crippen LogP contribution in [-0.2, 0) is 4.79 Å². The molecule has 1 aromatic rings. The molecule has 2 rings (SSSR count). The van der Waals surface area contributed by atoms with Crippen molar-refractivity contribution in [2.45, 2.75) is 6.92 Å². The first-order valence-electron chi connectivity index (χ1n) is 6.54. The number of amides is 1. The van der Waals surface area contributed by atoms with Crippen LogP contribution in [0.25, 0.3) is 0 Å². The van der Waals surface area contributed by atoms with E-state index in [-0.39, 0.29) is 0 Å². The van der Waals surface area contributed by atoms with E-state index in [1.165, 1.54) is 0 Å². The van der Waals surface area contributed by atoms with Crippen molar-refractivity contribution >= 4 is 29.4 Å². The lowest BCUT2D eigenvalue weighted by molar-refractivity contribution is -0.119. The second kappa shape index (κ2) is 6.56. The summed E-state index contributed by atoms with van der Waals surface area (Å²) in [7, 11) is 1.64. The van der Waals surface area contributed by atoms with Crippen molar-refractivity contribution < 1.29 is 9.53 Å². The Morgan fingerprint density at radius 2 is 2.05 bits per heavy atom. The number of hydrogen-bond donors (Lipinski definition) is 1. The molecule has 1 aromatic carbocycles. The fourth-order valence-corrected chi connectivity index (χ4v) is 2.44. The van der Waals surface area contributed by atoms with Gasteiger partial charge in [0.05, 0.1) is 12.8 Å². The number of ether oxygens (including phenoxy) is 1. The fourth-order valence-electron chi connectivity index (χ4n) is 2.14. The molecule has 1 saturated heterocycles. The molecule has 1 aliphatic heterocycles. The van der Waals surface area contributed by atoms with Crippen molar-refractivity contribution in [2.75, 3.05) is 38.6 Å². The van der Waals surface area contributed by atoms with E-state index in [9.17, 15) is 4.79 Å². The summed E-state index contributed by atoms with van der Waals surface area (Å²) in [6.07, 6.45) is 0.886. The number of rotatable bonds is 3. The number of aryl methyl sites for hydroxylation is 1. The normalized spacial score (nSPS) is 14.9. The molecule has 1 aliphatic rings. The number of nitrogens with zero attached hydrogens (tertiary/aromatic N) is 2. The van der Waals surface area contributed by atoms with E-state index in [4.69, 9.17) is 17.0 Å². The number of piperazine rings is 1. The van der Waals surface area contributed by atoms with Gasteiger partial charge in [0.2, 0.25) is 6.41 Å². The third-order valence-corrected chi connectivity index (χ3v) is 3.71. The van der Waals surface area contributed by atoms with Gasteiger partial charge in [-0.1, -0.05) is 6.07 Å². The molecule has 0 saturated carbocycles. The molecule has 6 heteroatoms. The average molecular weight is 293 g/mol. The van der Waals surface area contributed by atoms with Crippen LogP contribution in [0.15, 0.2) is 18.2 Å². The van der Waals surface area contributed by atoms with Gasteiger partial charge in [0.25, 0.3) is 0 Å². The molecule has 1 N–H and O–H groups in total. The largest absolute Gasteiger partial charge is 0.495 e. The molecular formula is C14H19N3O2S. The molecule has 0 atom stereocenters. The number of carbonyl (C=O) groups excluding carboxylic acids is 1. The van der Waals surface area contributed by atoms with Crippen molar-refractivity contribution in [3.63, 3.8) is 0 Å². The third kappa shape index (κ3) is 3.39. The maximum Gasteiger partial charge on any atom is 0.209 e. The number of thiocarbonyl (C=S) groups is 1. The summed E-state index contributed by atoms with van der Waals surface area (Å²) >= 11 is 5.43. The van der Waals surface area contributed by atoms with Gasteiger partial charge >= 0.3 is 0 Å². The molecule has 1 heterocycles. The smallest absolute Gasteiger partial charge is 0.209 e. The summed E-state index contributed by atoms with van der Waals surface area (Å²) in [5.41, 5.74) is 2.01. The summed E-state index contributed by atoms with van der Waals surface area (Å²) in [4.78, 5) is 14.5. The number of anilines is 1. The van der Waals surface area contributed by atoms with E-state index in [1.807, 2.05) is 25.1 Å². The molecule has 0 aromatic heterocycles. The molecule has 1 fully saturated rings. The molecule has 20 heavy (non-hydrogen) atoms. The van der Waals surface area contributed by atoms with Gasteiger partial charge in [0.1, 0.15) is 5.75 Å². The Bertz CT molecular complexity index is 499. The van der Waals surface area contributed by atoms with Gasteiger partial charge in [-0.3, -0.25) is 4.79 Å². The van der Waals surface area contributed by atoms with Gasteiger partial charge in [-0.25, -0.2) is 0 Å². The number of nitrogens with one attached hydrogen (secondary N) is 1. The monoisotopic (exact) mass is 293 g/mol. The highest BCUT2D eigenvalue weighted by molar-refractivity contribution is 7.80. The SMILES string of the molecule is COc1ccc(C)cc1NC(=S)N1CCN(C=O)CC1. The topological polar surface area (TPSA) is 44.8 Å². The van der Waals surface area contributed by atoms with Gasteiger partial charge in [0, 0.05) is 26.2 Å². The lowest BCUT2D eigenvalue weighted by atomic mass is 10.2. The molecule has 108 valence electrons. The van der Waals surface area contributed by atoms with E-state index in [0.29, 0.717) is 18.2 Å². The second-order valence-corrected chi connectivity index (χ2v) is 5.15. The van der Waals surface area contributed by atoms with Crippen molar-refractivity contribution in [2.24, 2.45) is 0 Å². The van der Waals surface area contributed by atoms with Crippen molar-refractivity contribution in [3.05, 3.63) is 23.8 Å². The zero-order chi connectivity index (χ0) is 14.5. The lowest BCUT2D eigenvalue weighted by Crippen LogP contribution is -2.49. The second-order valence-electron chi connectivity index (χ2n) is 4.76. The Hall–Kier alpha value is -1.82. The Balaban J connectivity index is 2.01. The van der Waals surface area contributed by atoms with Crippen molar-refractivity contribution in [1.29, 1.82) is 0 Å². The van der Waals surface area contributed by atoms with Crippen LogP contribution in [0, 0.1) is 6.92 Å². The zero-order valence-corrected chi connectivity index (χ0v) is 12.6. The first-order valence-corrected chi connectivity index (χ1v) is 6.95. The summed E-state index contributed by atoms with van der Waals surface area (Å²) in [6, 6.07) is 5.92. The quantitative estimate of drug-likeness (QED) is 0.675. The van der Waals surface area contributed by atoms with Gasteiger partial charge < -0.3 is 19.9 Å². The Kier molecular flexibility index (Phi) is 4.79. The number of carbonyl (C=O) groups is 1. The first kappa shape index (κ1) is 14.6. The highest BCUT2D eigenvalue weighted by atomic mass is 32.1. The van der Waals surface area contributed by atoms with Crippen LogP contribution >= 0.6 is 12.2 Å². The van der Waals surface area contributed by atoms with E-state index in [0.717, 1.165) is 36.5 Å². The van der Waals surface area contributed by atoms with Gasteiger partial charge in [-0.15, -0.1) is 0 Å². The summed E-state index contributed by atoms with van der Waals surface area (Å²) in [5.74, 6) is 0.768. The fraction of sp³-hybridized carbons (Fsp3) is 0.429. The molecule has 0 aliphatic carbocycles. The Morgan fingerprint density at radius 3 is 2.65 bits per heavy atom. The van der Waals surface area contributed by atoms with Gasteiger partial charge in [-0.05, 0) is 36.8 Å². The highest BCUT2D eigenvalue weighted by Gasteiger charge is 2.18. The minimum absolute atomic E-state index is 0.666. The van der Waals surface area contributed by atoms with Crippen LogP contribution < -0.4 is 10.1 Å². The third-order valence-electron chi connectivity index (χ3n) is 3.35. The predicted octanol–water partition coefficient (Wildman–Crippen LogP) is 1.47. The molecular weight excluding hydrogens is 274 g/mol. The van der Waals surface area contributed by atoms with Crippen LogP contribution in [0.3, 0.4) is 0 Å². The van der Waals surface area contributed by atoms with Crippen LogP contribution in [0.1, 0.15) is 5.56 Å². The summed E-state index contributed by atoms with van der Waals surface area (Å²) < 4.78 is 5.33. The Morgan fingerprint density at radius 1 is 1.35 bits per heavy atom. The molecule has 0 spiro atoms. The van der Waals surface area contributed by atoms with Crippen molar-refractivity contribution in [1.82, 2.24) is 9.80 Å². The van der Waals surface area contributed by atoms with Crippen LogP contribution in [0.5, 0.6) is 5.75 Å². The molecule has 0 unspecified atom stereocenters. The minimum Gasteiger partial charge on any atom is -0.495 e. The standard InChI is InChI=1S/C14H19N3O2S/c1-11-3-4-13(19-2)12(9-11)15-14(20)17-7-5-16(10-18)6-8-17/h3-4,9-10H,5-8H2,1-2H3,(H,15,20). The van der Waals surface area contributed by atoms with Crippen LogP contribution in [0.4, 0.5) is 5.69 Å². The maximum absolute atomic E-state index is 10.7. The summed E-state index contributed by atoms with van der Waals surface area (Å²) in [5, 5.41) is 3.90. The molecule has 0 radical (unpaired) electrons. The molecule has 0 bridgehead atoms. The van der Waals surface area contributed by atoms with Crippen LogP contribution in [0.2, 0.25) is 0 Å². The summed E-state index contributed by atoms with van der Waals surface area (Å²) in [6.45, 7) is 4.93. The van der Waals surface area contributed by atoms with Crippen molar-refractivity contribution in [3.8, 4) is 5.75 Å². The first-order chi connectivity index (χ1) is 9.63. The van der Waals surface area contributed by atoms with E-state index >= 15 is 0 Å². The molecule has 1 amide bonds. The lowest BCUT2D eigenvalue weighted by Gasteiger charge is -2.34. The Labute approximate surface area is 124 Å². The number of hydrogen-bond acceptors (Lipinski definition) is 3. The number of methoxy groups -OCH3 is 1. The van der Waals surface area contributed by atoms with E-state index in [2.05, 4.69) is 10.2 Å². The highest BCUT2D eigenvalue weighted by Crippen LogP contribution is 2.25. The average Bonchev–Trinajstić information content (AvgIpc) is 2.47. The van der Waals surface area contributed by atoms with Gasteiger partial charge in [0.15, 0.2) is 5.11 Å². The maximum atomic E-state index is 10.7. The van der Waals surface area contributed by atoms with Crippen LogP contribution in [-0.4, -0.2) is 54.6 Å². The van der Waals surface area contributed by atoms with E-state index in [1.54, 1.807) is 12.0 Å². The van der Waals surface area contributed by atoms with E-state index < -0.39 is 0 Å². The minimum atomic E-state index is 0.666. The zero-order valence-electron chi connectivity index (χ0n) is 11.8.